The van der Waals surface area contributed by atoms with Gasteiger partial charge in [0.15, 0.2) is 5.16 Å². The highest BCUT2D eigenvalue weighted by Crippen LogP contribution is 2.32. The van der Waals surface area contributed by atoms with E-state index in [0.29, 0.717) is 17.0 Å². The second kappa shape index (κ2) is 8.91. The normalized spacial score (nSPS) is 11.2. The Hall–Kier alpha value is -3.14. The molecule has 3 rings (SSSR count). The van der Waals surface area contributed by atoms with Crippen molar-refractivity contribution in [3.05, 3.63) is 60.6 Å². The van der Waals surface area contributed by atoms with Gasteiger partial charge in [-0.1, -0.05) is 11.8 Å². The first-order chi connectivity index (χ1) is 13.8. The molecule has 0 atom stereocenters. The number of hydrogen-bond donors (Lipinski definition) is 1. The first-order valence-corrected chi connectivity index (χ1v) is 9.27. The fourth-order valence-electron chi connectivity index (χ4n) is 2.31. The van der Waals surface area contributed by atoms with Gasteiger partial charge >= 0.3 is 6.18 Å². The zero-order valence-corrected chi connectivity index (χ0v) is 15.9. The smallest absolute Gasteiger partial charge is 0.433 e. The molecule has 2 heterocycles. The molecular formula is C19H15F3N4O2S. The number of amides is 1. The van der Waals surface area contributed by atoms with E-state index in [1.807, 2.05) is 0 Å². The quantitative estimate of drug-likeness (QED) is 0.473. The number of benzene rings is 1. The predicted octanol–water partition coefficient (Wildman–Crippen LogP) is 4.30. The van der Waals surface area contributed by atoms with E-state index in [4.69, 9.17) is 4.74 Å². The largest absolute Gasteiger partial charge is 0.497 e. The lowest BCUT2D eigenvalue weighted by molar-refractivity contribution is -0.141. The van der Waals surface area contributed by atoms with E-state index in [1.165, 1.54) is 13.3 Å². The Balaban J connectivity index is 1.80. The van der Waals surface area contributed by atoms with Gasteiger partial charge in [0.1, 0.15) is 11.4 Å². The van der Waals surface area contributed by atoms with E-state index >= 15 is 0 Å². The Morgan fingerprint density at radius 2 is 1.93 bits per heavy atom. The zero-order valence-electron chi connectivity index (χ0n) is 15.1. The average molecular weight is 420 g/mol. The Morgan fingerprint density at radius 1 is 1.17 bits per heavy atom. The van der Waals surface area contributed by atoms with Crippen LogP contribution in [0.4, 0.5) is 18.9 Å². The third-order valence-corrected chi connectivity index (χ3v) is 4.51. The highest BCUT2D eigenvalue weighted by atomic mass is 32.2. The Bertz CT molecular complexity index is 983. The molecule has 6 nitrogen and oxygen atoms in total. The Morgan fingerprint density at radius 3 is 2.55 bits per heavy atom. The molecule has 0 spiro atoms. The Labute approximate surface area is 168 Å². The standard InChI is InChI=1S/C19H15F3N4O2S/c1-28-14-6-4-12(5-7-14)15-9-16(19(20,21)22)26-18(25-15)29-11-17(27)24-13-3-2-8-23-10-13/h2-10H,11H2,1H3,(H,24,27). The molecule has 1 N–H and O–H groups in total. The summed E-state index contributed by atoms with van der Waals surface area (Å²) in [6.45, 7) is 0. The first kappa shape index (κ1) is 20.6. The maximum absolute atomic E-state index is 13.3. The molecule has 0 saturated heterocycles. The number of alkyl halides is 3. The van der Waals surface area contributed by atoms with Gasteiger partial charge in [0.2, 0.25) is 5.91 Å². The number of halogens is 3. The molecule has 0 saturated carbocycles. The van der Waals surface area contributed by atoms with Gasteiger partial charge < -0.3 is 10.1 Å². The van der Waals surface area contributed by atoms with Gasteiger partial charge in [-0.25, -0.2) is 9.97 Å². The number of nitrogens with one attached hydrogen (secondary N) is 1. The second-order valence-electron chi connectivity index (χ2n) is 5.73. The van der Waals surface area contributed by atoms with Crippen molar-refractivity contribution in [3.63, 3.8) is 0 Å². The summed E-state index contributed by atoms with van der Waals surface area (Å²) in [5.41, 5.74) is -0.0130. The van der Waals surface area contributed by atoms with Crippen LogP contribution in [0.5, 0.6) is 5.75 Å². The molecule has 0 fully saturated rings. The van der Waals surface area contributed by atoms with Crippen LogP contribution in [0.15, 0.2) is 60.0 Å². The third kappa shape index (κ3) is 5.67. The van der Waals surface area contributed by atoms with Crippen LogP contribution in [-0.2, 0) is 11.0 Å². The number of hydrogen-bond acceptors (Lipinski definition) is 6. The molecule has 150 valence electrons. The number of carbonyl (C=O) groups excluding carboxylic acids is 1. The number of thioether (sulfide) groups is 1. The highest BCUT2D eigenvalue weighted by molar-refractivity contribution is 7.99. The molecule has 0 aliphatic carbocycles. The molecule has 1 amide bonds. The van der Waals surface area contributed by atoms with Gasteiger partial charge in [-0.2, -0.15) is 13.2 Å². The highest BCUT2D eigenvalue weighted by Gasteiger charge is 2.34. The van der Waals surface area contributed by atoms with Crippen LogP contribution in [0.2, 0.25) is 0 Å². The first-order valence-electron chi connectivity index (χ1n) is 8.28. The summed E-state index contributed by atoms with van der Waals surface area (Å²) >= 11 is 0.815. The number of pyridine rings is 1. The van der Waals surface area contributed by atoms with Crippen molar-refractivity contribution >= 4 is 23.4 Å². The summed E-state index contributed by atoms with van der Waals surface area (Å²) in [7, 11) is 1.49. The van der Waals surface area contributed by atoms with Gasteiger partial charge in [0, 0.05) is 11.8 Å². The number of anilines is 1. The van der Waals surface area contributed by atoms with Crippen LogP contribution < -0.4 is 10.1 Å². The van der Waals surface area contributed by atoms with Crippen LogP contribution in [0.25, 0.3) is 11.3 Å². The van der Waals surface area contributed by atoms with Gasteiger partial charge in [-0.05, 0) is 42.5 Å². The second-order valence-corrected chi connectivity index (χ2v) is 6.67. The summed E-state index contributed by atoms with van der Waals surface area (Å²) in [5.74, 6) is 0.00802. The molecule has 1 aromatic carbocycles. The van der Waals surface area contributed by atoms with Crippen molar-refractivity contribution in [2.75, 3.05) is 18.2 Å². The molecule has 0 bridgehead atoms. The molecule has 10 heteroatoms. The molecule has 0 aliphatic rings. The van der Waals surface area contributed by atoms with Gasteiger partial charge in [0.05, 0.1) is 30.4 Å². The molecule has 2 aromatic heterocycles. The number of rotatable bonds is 6. The number of nitrogens with zero attached hydrogens (tertiary/aromatic N) is 3. The molecule has 0 aliphatic heterocycles. The van der Waals surface area contributed by atoms with E-state index in [0.717, 1.165) is 17.8 Å². The Kier molecular flexibility index (Phi) is 6.32. The van der Waals surface area contributed by atoms with Crippen molar-refractivity contribution in [2.24, 2.45) is 0 Å². The maximum Gasteiger partial charge on any atom is 0.433 e. The summed E-state index contributed by atoms with van der Waals surface area (Å²) in [6.07, 6.45) is -1.62. The number of methoxy groups -OCH3 is 1. The summed E-state index contributed by atoms with van der Waals surface area (Å²) < 4.78 is 44.8. The summed E-state index contributed by atoms with van der Waals surface area (Å²) in [4.78, 5) is 23.6. The number of aromatic nitrogens is 3. The van der Waals surface area contributed by atoms with Crippen molar-refractivity contribution in [2.45, 2.75) is 11.3 Å². The van der Waals surface area contributed by atoms with Crippen LogP contribution >= 0.6 is 11.8 Å². The van der Waals surface area contributed by atoms with Crippen LogP contribution in [0, 0.1) is 0 Å². The van der Waals surface area contributed by atoms with Gasteiger partial charge in [-0.15, -0.1) is 0 Å². The average Bonchev–Trinajstić information content (AvgIpc) is 2.72. The lowest BCUT2D eigenvalue weighted by Gasteiger charge is -2.11. The van der Waals surface area contributed by atoms with Gasteiger partial charge in [-0.3, -0.25) is 9.78 Å². The number of carbonyl (C=O) groups is 1. The van der Waals surface area contributed by atoms with Crippen LogP contribution in [0.1, 0.15) is 5.69 Å². The fourth-order valence-corrected chi connectivity index (χ4v) is 2.97. The monoisotopic (exact) mass is 420 g/mol. The minimum atomic E-state index is -4.64. The third-order valence-electron chi connectivity index (χ3n) is 3.66. The minimum Gasteiger partial charge on any atom is -0.497 e. The topological polar surface area (TPSA) is 77.0 Å². The van der Waals surface area contributed by atoms with Crippen molar-refractivity contribution < 1.29 is 22.7 Å². The zero-order chi connectivity index (χ0) is 20.9. The van der Waals surface area contributed by atoms with Crippen LogP contribution in [-0.4, -0.2) is 33.7 Å². The fraction of sp³-hybridized carbons (Fsp3) is 0.158. The predicted molar refractivity (Wildman–Crippen MR) is 103 cm³/mol. The SMILES string of the molecule is COc1ccc(-c2cc(C(F)(F)F)nc(SCC(=O)Nc3cccnc3)n2)cc1. The summed E-state index contributed by atoms with van der Waals surface area (Å²) in [6, 6.07) is 10.6. The van der Waals surface area contributed by atoms with E-state index in [9.17, 15) is 18.0 Å². The van der Waals surface area contributed by atoms with Crippen molar-refractivity contribution in [1.82, 2.24) is 15.0 Å². The lowest BCUT2D eigenvalue weighted by Crippen LogP contribution is -2.15. The number of ether oxygens (including phenoxy) is 1. The van der Waals surface area contributed by atoms with E-state index < -0.39 is 17.8 Å². The molecule has 29 heavy (non-hydrogen) atoms. The maximum atomic E-state index is 13.3. The van der Waals surface area contributed by atoms with E-state index in [2.05, 4.69) is 20.3 Å². The van der Waals surface area contributed by atoms with E-state index in [1.54, 1.807) is 42.6 Å². The van der Waals surface area contributed by atoms with Crippen molar-refractivity contribution in [1.29, 1.82) is 0 Å². The molecule has 3 aromatic rings. The lowest BCUT2D eigenvalue weighted by atomic mass is 10.1. The van der Waals surface area contributed by atoms with Crippen molar-refractivity contribution in [3.8, 4) is 17.0 Å². The molecule has 0 unspecified atom stereocenters. The van der Waals surface area contributed by atoms with Crippen LogP contribution in [0.3, 0.4) is 0 Å². The van der Waals surface area contributed by atoms with E-state index in [-0.39, 0.29) is 16.6 Å². The minimum absolute atomic E-state index is 0.102. The molecular weight excluding hydrogens is 405 g/mol. The summed E-state index contributed by atoms with van der Waals surface area (Å²) in [5, 5.41) is 2.46. The molecule has 0 radical (unpaired) electrons. The van der Waals surface area contributed by atoms with Gasteiger partial charge in [0.25, 0.3) is 0 Å².